The number of fused-ring (bicyclic) bond motifs is 14. The third-order valence-electron chi connectivity index (χ3n) is 12.7. The van der Waals surface area contributed by atoms with Crippen molar-refractivity contribution < 1.29 is 0 Å². The summed E-state index contributed by atoms with van der Waals surface area (Å²) in [6.45, 7) is 4.76. The van der Waals surface area contributed by atoms with Gasteiger partial charge < -0.3 is 0 Å². The zero-order valence-electron chi connectivity index (χ0n) is 30.1. The van der Waals surface area contributed by atoms with Gasteiger partial charge in [-0.05, 0) is 152 Å². The Kier molecular flexibility index (Phi) is 6.53. The van der Waals surface area contributed by atoms with E-state index in [4.69, 9.17) is 0 Å². The average molecular weight is 675 g/mol. The lowest BCUT2D eigenvalue weighted by Gasteiger charge is -2.30. The fraction of sp³-hybridized carbons (Fsp3) is 0.0943. The Morgan fingerprint density at radius 1 is 0.302 bits per heavy atom. The summed E-state index contributed by atoms with van der Waals surface area (Å²) in [4.78, 5) is 0. The van der Waals surface area contributed by atoms with Crippen molar-refractivity contribution in [1.29, 1.82) is 0 Å². The molecule has 0 unspecified atom stereocenters. The Balaban J connectivity index is 1.11. The highest BCUT2D eigenvalue weighted by molar-refractivity contribution is 6.26. The second-order valence-electron chi connectivity index (χ2n) is 15.0. The number of hydrogen-bond donors (Lipinski definition) is 0. The minimum absolute atomic E-state index is 0.0468. The molecule has 0 radical (unpaired) electrons. The van der Waals surface area contributed by atoms with Gasteiger partial charge in [0.2, 0.25) is 0 Å². The quantitative estimate of drug-likeness (QED) is 0.163. The van der Waals surface area contributed by atoms with Gasteiger partial charge in [0.1, 0.15) is 0 Å². The van der Waals surface area contributed by atoms with Gasteiger partial charge in [-0.3, -0.25) is 0 Å². The Labute approximate surface area is 310 Å². The Bertz CT molecular complexity index is 3140. The normalized spacial score (nSPS) is 13.4. The topological polar surface area (TPSA) is 0 Å². The number of hydrogen-bond acceptors (Lipinski definition) is 0. The van der Waals surface area contributed by atoms with E-state index in [0.717, 1.165) is 12.8 Å². The van der Waals surface area contributed by atoms with Gasteiger partial charge in [0.15, 0.2) is 0 Å². The maximum Gasteiger partial charge on any atom is 0.0210 e. The summed E-state index contributed by atoms with van der Waals surface area (Å²) in [7, 11) is 0. The van der Waals surface area contributed by atoms with E-state index in [2.05, 4.69) is 184 Å². The van der Waals surface area contributed by atoms with Gasteiger partial charge in [-0.25, -0.2) is 0 Å². The Morgan fingerprint density at radius 2 is 0.792 bits per heavy atom. The summed E-state index contributed by atoms with van der Waals surface area (Å²) in [6, 6.07) is 64.1. The summed E-state index contributed by atoms with van der Waals surface area (Å²) in [5.74, 6) is 0. The van der Waals surface area contributed by atoms with Crippen LogP contribution in [-0.4, -0.2) is 0 Å². The molecule has 0 spiro atoms. The van der Waals surface area contributed by atoms with E-state index in [1.165, 1.54) is 109 Å². The monoisotopic (exact) mass is 674 g/mol. The van der Waals surface area contributed by atoms with Crippen LogP contribution in [0.4, 0.5) is 0 Å². The van der Waals surface area contributed by atoms with E-state index < -0.39 is 0 Å². The highest BCUT2D eigenvalue weighted by atomic mass is 14.4. The molecule has 0 bridgehead atoms. The SMILES string of the molecule is CCC1(CC)c2cc(-c3cccc(-c4cc5c6ccccc6ccc5c5ccccc45)c3)ccc2-c2cc3c4ccccc4c4ccccc4c3cc21. The lowest BCUT2D eigenvalue weighted by molar-refractivity contribution is 0.491. The predicted molar refractivity (Wildman–Crippen MR) is 229 cm³/mol. The van der Waals surface area contributed by atoms with Crippen molar-refractivity contribution in [2.45, 2.75) is 32.1 Å². The van der Waals surface area contributed by atoms with Crippen molar-refractivity contribution in [3.63, 3.8) is 0 Å². The molecule has 0 amide bonds. The largest absolute Gasteiger partial charge is 0.0642 e. The highest BCUT2D eigenvalue weighted by Crippen LogP contribution is 2.55. The van der Waals surface area contributed by atoms with Gasteiger partial charge in [0, 0.05) is 5.41 Å². The molecule has 53 heavy (non-hydrogen) atoms. The summed E-state index contributed by atoms with van der Waals surface area (Å²) in [5, 5.41) is 15.8. The van der Waals surface area contributed by atoms with Gasteiger partial charge >= 0.3 is 0 Å². The molecule has 0 aliphatic heterocycles. The van der Waals surface area contributed by atoms with Crippen LogP contribution in [-0.2, 0) is 5.41 Å². The van der Waals surface area contributed by atoms with E-state index in [1.807, 2.05) is 0 Å². The van der Waals surface area contributed by atoms with Crippen molar-refractivity contribution in [3.8, 4) is 33.4 Å². The second kappa shape index (κ2) is 11.4. The summed E-state index contributed by atoms with van der Waals surface area (Å²) in [5.41, 5.74) is 10.7. The van der Waals surface area contributed by atoms with Crippen LogP contribution in [0.5, 0.6) is 0 Å². The maximum atomic E-state index is 2.56. The van der Waals surface area contributed by atoms with Gasteiger partial charge in [-0.2, -0.15) is 0 Å². The van der Waals surface area contributed by atoms with E-state index in [0.29, 0.717) is 0 Å². The van der Waals surface area contributed by atoms with Crippen LogP contribution in [0.25, 0.3) is 98.0 Å². The molecule has 11 rings (SSSR count). The minimum Gasteiger partial charge on any atom is -0.0642 e. The molecular formula is C53H38. The van der Waals surface area contributed by atoms with Crippen LogP contribution < -0.4 is 0 Å². The van der Waals surface area contributed by atoms with E-state index in [-0.39, 0.29) is 5.41 Å². The van der Waals surface area contributed by atoms with Crippen LogP contribution in [0.3, 0.4) is 0 Å². The van der Waals surface area contributed by atoms with Crippen LogP contribution in [0, 0.1) is 0 Å². The van der Waals surface area contributed by atoms with E-state index >= 15 is 0 Å². The molecule has 0 saturated heterocycles. The third kappa shape index (κ3) is 4.24. The molecular weight excluding hydrogens is 637 g/mol. The van der Waals surface area contributed by atoms with Crippen molar-refractivity contribution in [2.75, 3.05) is 0 Å². The average Bonchev–Trinajstić information content (AvgIpc) is 3.51. The lowest BCUT2D eigenvalue weighted by Crippen LogP contribution is -2.23. The van der Waals surface area contributed by atoms with E-state index in [9.17, 15) is 0 Å². The first kappa shape index (κ1) is 30.4. The molecule has 10 aromatic carbocycles. The summed E-state index contributed by atoms with van der Waals surface area (Å²) in [6.07, 6.45) is 2.11. The molecule has 0 saturated carbocycles. The first-order chi connectivity index (χ1) is 26.2. The molecule has 1 aliphatic rings. The number of rotatable bonds is 4. The van der Waals surface area contributed by atoms with Crippen molar-refractivity contribution >= 4 is 64.6 Å². The molecule has 0 heteroatoms. The first-order valence-corrected chi connectivity index (χ1v) is 19.1. The van der Waals surface area contributed by atoms with Crippen molar-refractivity contribution in [2.24, 2.45) is 0 Å². The Morgan fingerprint density at radius 3 is 1.49 bits per heavy atom. The molecule has 0 N–H and O–H groups in total. The molecule has 0 heterocycles. The molecule has 0 nitrogen and oxygen atoms in total. The lowest BCUT2D eigenvalue weighted by atomic mass is 9.73. The summed E-state index contributed by atoms with van der Waals surface area (Å²) >= 11 is 0. The fourth-order valence-electron chi connectivity index (χ4n) is 10.0. The van der Waals surface area contributed by atoms with Gasteiger partial charge in [0.05, 0.1) is 0 Å². The van der Waals surface area contributed by atoms with Gasteiger partial charge in [-0.1, -0.05) is 153 Å². The molecule has 250 valence electrons. The maximum absolute atomic E-state index is 2.56. The fourth-order valence-corrected chi connectivity index (χ4v) is 10.0. The van der Waals surface area contributed by atoms with E-state index in [1.54, 1.807) is 0 Å². The van der Waals surface area contributed by atoms with Gasteiger partial charge in [0.25, 0.3) is 0 Å². The standard InChI is InChI=1S/C53H38/c1-3-53(4-2)51-29-35(25-27-45(51)50-31-48-42-22-11-8-18-38(42)39-19-9-12-23-43(39)49(48)32-52(50)53)34-15-13-16-36(28-34)46-30-47-37-17-6-5-14-33(37)24-26-44(47)40-20-7-10-21-41(40)46/h5-32H,3-4H2,1-2H3. The van der Waals surface area contributed by atoms with Crippen LogP contribution in [0.2, 0.25) is 0 Å². The first-order valence-electron chi connectivity index (χ1n) is 19.1. The molecule has 10 aromatic rings. The predicted octanol–water partition coefficient (Wildman–Crippen LogP) is 15.0. The third-order valence-corrected chi connectivity index (χ3v) is 12.7. The smallest absolute Gasteiger partial charge is 0.0210 e. The minimum atomic E-state index is -0.0468. The van der Waals surface area contributed by atoms with Crippen LogP contribution in [0.1, 0.15) is 37.8 Å². The second-order valence-corrected chi connectivity index (χ2v) is 15.0. The van der Waals surface area contributed by atoms with Crippen LogP contribution in [0.15, 0.2) is 170 Å². The molecule has 0 fully saturated rings. The zero-order valence-corrected chi connectivity index (χ0v) is 30.1. The van der Waals surface area contributed by atoms with Crippen molar-refractivity contribution in [3.05, 3.63) is 181 Å². The Hall–Kier alpha value is -6.24. The molecule has 0 aromatic heterocycles. The number of benzene rings is 10. The summed E-state index contributed by atoms with van der Waals surface area (Å²) < 4.78 is 0. The highest BCUT2D eigenvalue weighted by Gasteiger charge is 2.41. The van der Waals surface area contributed by atoms with Crippen LogP contribution >= 0.6 is 0 Å². The zero-order chi connectivity index (χ0) is 35.3. The molecule has 1 aliphatic carbocycles. The molecule has 0 atom stereocenters. The van der Waals surface area contributed by atoms with Gasteiger partial charge in [-0.15, -0.1) is 0 Å². The van der Waals surface area contributed by atoms with Crippen molar-refractivity contribution in [1.82, 2.24) is 0 Å².